The van der Waals surface area contributed by atoms with Gasteiger partial charge >= 0.3 is 5.97 Å². The summed E-state index contributed by atoms with van der Waals surface area (Å²) in [6.45, 7) is 2.73. The third-order valence-electron chi connectivity index (χ3n) is 4.94. The topological polar surface area (TPSA) is 78.6 Å². The first-order chi connectivity index (χ1) is 14.0. The van der Waals surface area contributed by atoms with Gasteiger partial charge in [0.15, 0.2) is 5.11 Å². The monoisotopic (exact) mass is 427 g/mol. The van der Waals surface area contributed by atoms with E-state index in [9.17, 15) is 9.90 Å². The number of carbonyl (C=O) groups is 1. The Hall–Kier alpha value is -2.90. The number of carboxylic acids is 1. The van der Waals surface area contributed by atoms with Gasteiger partial charge in [-0.2, -0.15) is 0 Å². The fourth-order valence-corrected chi connectivity index (χ4v) is 4.14. The first-order valence-electron chi connectivity index (χ1n) is 9.10. The molecule has 1 aliphatic rings. The second-order valence-corrected chi connectivity index (χ2v) is 7.41. The van der Waals surface area contributed by atoms with Crippen LogP contribution in [0.1, 0.15) is 40.8 Å². The van der Waals surface area contributed by atoms with Crippen LogP contribution >= 0.6 is 23.8 Å². The van der Waals surface area contributed by atoms with Crippen LogP contribution in [0.4, 0.5) is 0 Å². The van der Waals surface area contributed by atoms with Gasteiger partial charge in [0.1, 0.15) is 17.6 Å². The number of aromatic carboxylic acids is 1. The highest BCUT2D eigenvalue weighted by Crippen LogP contribution is 2.41. The number of hydrogen-bond donors (Lipinski definition) is 2. The quantitative estimate of drug-likeness (QED) is 0.572. The molecule has 2 aromatic heterocycles. The highest BCUT2D eigenvalue weighted by molar-refractivity contribution is 7.80. The Bertz CT molecular complexity index is 1070. The zero-order chi connectivity index (χ0) is 20.5. The molecule has 1 aliphatic heterocycles. The van der Waals surface area contributed by atoms with E-state index in [1.165, 1.54) is 12.1 Å². The molecule has 148 valence electrons. The van der Waals surface area contributed by atoms with Crippen molar-refractivity contribution in [2.45, 2.75) is 19.0 Å². The Morgan fingerprint density at radius 3 is 2.83 bits per heavy atom. The number of nitrogens with one attached hydrogen (secondary N) is 1. The van der Waals surface area contributed by atoms with Crippen molar-refractivity contribution < 1.29 is 14.3 Å². The summed E-state index contributed by atoms with van der Waals surface area (Å²) in [5, 5.41) is 13.7. The highest BCUT2D eigenvalue weighted by atomic mass is 35.5. The van der Waals surface area contributed by atoms with Gasteiger partial charge in [-0.25, -0.2) is 4.79 Å². The number of nitrogens with zero attached hydrogens (tertiary/aromatic N) is 2. The van der Waals surface area contributed by atoms with E-state index in [4.69, 9.17) is 28.2 Å². The van der Waals surface area contributed by atoms with E-state index in [1.807, 2.05) is 36.1 Å². The minimum atomic E-state index is -1.02. The molecule has 0 radical (unpaired) electrons. The fraction of sp³-hybridized carbons (Fsp3) is 0.190. The van der Waals surface area contributed by atoms with Crippen molar-refractivity contribution in [1.82, 2.24) is 15.2 Å². The van der Waals surface area contributed by atoms with Gasteiger partial charge in [0.05, 0.1) is 22.3 Å². The lowest BCUT2D eigenvalue weighted by molar-refractivity contribution is 0.0697. The molecule has 1 saturated heterocycles. The van der Waals surface area contributed by atoms with Gasteiger partial charge < -0.3 is 19.7 Å². The van der Waals surface area contributed by atoms with Gasteiger partial charge in [-0.1, -0.05) is 17.7 Å². The minimum Gasteiger partial charge on any atom is -0.478 e. The summed E-state index contributed by atoms with van der Waals surface area (Å²) >= 11 is 11.8. The van der Waals surface area contributed by atoms with Crippen LogP contribution < -0.4 is 5.32 Å². The summed E-state index contributed by atoms with van der Waals surface area (Å²) in [6, 6.07) is 13.6. The molecular formula is C21H18ClN3O3S. The van der Waals surface area contributed by atoms with Crippen molar-refractivity contribution in [3.05, 3.63) is 76.8 Å². The summed E-state index contributed by atoms with van der Waals surface area (Å²) < 4.78 is 6.15. The van der Waals surface area contributed by atoms with E-state index < -0.39 is 5.97 Å². The van der Waals surface area contributed by atoms with Crippen molar-refractivity contribution in [3.8, 4) is 11.3 Å². The van der Waals surface area contributed by atoms with Crippen LogP contribution in [0.15, 0.2) is 59.1 Å². The van der Waals surface area contributed by atoms with Crippen LogP contribution in [0, 0.1) is 0 Å². The molecule has 4 rings (SSSR count). The number of pyridine rings is 1. The fourth-order valence-electron chi connectivity index (χ4n) is 3.56. The number of furan rings is 1. The van der Waals surface area contributed by atoms with Crippen LogP contribution in [-0.4, -0.2) is 32.6 Å². The van der Waals surface area contributed by atoms with Crippen molar-refractivity contribution in [2.24, 2.45) is 0 Å². The number of halogens is 1. The number of hydrogen-bond acceptors (Lipinski definition) is 4. The number of likely N-dealkylation sites (N-methyl/N-ethyl adjacent to an activating group) is 1. The maximum atomic E-state index is 11.3. The lowest BCUT2D eigenvalue weighted by Crippen LogP contribution is -2.29. The predicted octanol–water partition coefficient (Wildman–Crippen LogP) is 4.69. The van der Waals surface area contributed by atoms with Crippen molar-refractivity contribution >= 4 is 34.9 Å². The summed E-state index contributed by atoms with van der Waals surface area (Å²) in [5.41, 5.74) is 1.54. The van der Waals surface area contributed by atoms with Crippen molar-refractivity contribution in [1.29, 1.82) is 0 Å². The average molecular weight is 428 g/mol. The van der Waals surface area contributed by atoms with E-state index >= 15 is 0 Å². The number of thiocarbonyl (C=S) groups is 1. The molecule has 0 unspecified atom stereocenters. The normalized spacial score (nSPS) is 18.7. The maximum absolute atomic E-state index is 11.3. The predicted molar refractivity (Wildman–Crippen MR) is 114 cm³/mol. The number of rotatable bonds is 5. The molecule has 0 aliphatic carbocycles. The lowest BCUT2D eigenvalue weighted by Gasteiger charge is -2.24. The Kier molecular flexibility index (Phi) is 5.25. The smallest absolute Gasteiger partial charge is 0.335 e. The van der Waals surface area contributed by atoms with E-state index in [0.29, 0.717) is 33.8 Å². The number of aromatic nitrogens is 1. The molecule has 1 fully saturated rings. The van der Waals surface area contributed by atoms with E-state index in [0.717, 1.165) is 5.69 Å². The van der Waals surface area contributed by atoms with Gasteiger partial charge in [-0.15, -0.1) is 0 Å². The Balaban J connectivity index is 1.75. The third kappa shape index (κ3) is 3.59. The van der Waals surface area contributed by atoms with E-state index in [-0.39, 0.29) is 17.6 Å². The molecule has 6 nitrogen and oxygen atoms in total. The lowest BCUT2D eigenvalue weighted by atomic mass is 10.0. The van der Waals surface area contributed by atoms with E-state index in [2.05, 4.69) is 10.3 Å². The molecule has 29 heavy (non-hydrogen) atoms. The zero-order valence-corrected chi connectivity index (χ0v) is 17.1. The molecule has 0 saturated carbocycles. The van der Waals surface area contributed by atoms with Gasteiger partial charge in [0, 0.05) is 18.3 Å². The largest absolute Gasteiger partial charge is 0.478 e. The van der Waals surface area contributed by atoms with Crippen LogP contribution in [0.2, 0.25) is 5.02 Å². The standard InChI is InChI=1S/C21H18ClN3O3S/c1-2-25-19(18(24-21(25)29)15-5-3-4-10-23-15)17-9-8-16(28-17)13-11-12(20(26)27)6-7-14(13)22/h3-11,18-19H,2H2,1H3,(H,24,29)(H,26,27)/t18-,19+/m1/s1. The Morgan fingerprint density at radius 1 is 1.31 bits per heavy atom. The molecule has 0 amide bonds. The summed E-state index contributed by atoms with van der Waals surface area (Å²) in [5.74, 6) is 0.177. The second-order valence-electron chi connectivity index (χ2n) is 6.61. The van der Waals surface area contributed by atoms with Crippen LogP contribution in [0.25, 0.3) is 11.3 Å². The molecule has 2 atom stereocenters. The highest BCUT2D eigenvalue weighted by Gasteiger charge is 2.40. The molecule has 3 aromatic rings. The summed E-state index contributed by atoms with van der Waals surface area (Å²) in [4.78, 5) is 17.8. The zero-order valence-electron chi connectivity index (χ0n) is 15.5. The van der Waals surface area contributed by atoms with Crippen LogP contribution in [-0.2, 0) is 0 Å². The SMILES string of the molecule is CCN1C(=S)N[C@H](c2ccccn2)[C@@H]1c1ccc(-c2cc(C(=O)O)ccc2Cl)o1. The van der Waals surface area contributed by atoms with Gasteiger partial charge in [-0.3, -0.25) is 4.98 Å². The van der Waals surface area contributed by atoms with Crippen LogP contribution in [0.3, 0.4) is 0 Å². The first kappa shape index (κ1) is 19.4. The first-order valence-corrected chi connectivity index (χ1v) is 9.89. The van der Waals surface area contributed by atoms with Crippen molar-refractivity contribution in [2.75, 3.05) is 6.54 Å². The summed E-state index contributed by atoms with van der Waals surface area (Å²) in [7, 11) is 0. The molecule has 8 heteroatoms. The Morgan fingerprint density at radius 2 is 2.14 bits per heavy atom. The number of benzene rings is 1. The van der Waals surface area contributed by atoms with Gasteiger partial charge in [0.25, 0.3) is 0 Å². The molecule has 1 aromatic carbocycles. The number of carboxylic acid groups (broad SMARTS) is 1. The van der Waals surface area contributed by atoms with Gasteiger partial charge in [-0.05, 0) is 61.6 Å². The molecule has 3 heterocycles. The van der Waals surface area contributed by atoms with Crippen LogP contribution in [0.5, 0.6) is 0 Å². The third-order valence-corrected chi connectivity index (χ3v) is 5.62. The summed E-state index contributed by atoms with van der Waals surface area (Å²) in [6.07, 6.45) is 1.75. The van der Waals surface area contributed by atoms with Gasteiger partial charge in [0.2, 0.25) is 0 Å². The molecular weight excluding hydrogens is 410 g/mol. The average Bonchev–Trinajstić information content (AvgIpc) is 3.32. The van der Waals surface area contributed by atoms with Crippen molar-refractivity contribution in [3.63, 3.8) is 0 Å². The Labute approximate surface area is 178 Å². The maximum Gasteiger partial charge on any atom is 0.335 e. The molecule has 2 N–H and O–H groups in total. The van der Waals surface area contributed by atoms with E-state index in [1.54, 1.807) is 18.3 Å². The molecule has 0 bridgehead atoms. The molecule has 0 spiro atoms. The second kappa shape index (κ2) is 7.85. The minimum absolute atomic E-state index is 0.146.